The van der Waals surface area contributed by atoms with Crippen molar-refractivity contribution in [2.24, 2.45) is 11.8 Å². The van der Waals surface area contributed by atoms with Gasteiger partial charge in [-0.25, -0.2) is 4.79 Å². The summed E-state index contributed by atoms with van der Waals surface area (Å²) in [6.45, 7) is 0.273. The van der Waals surface area contributed by atoms with Crippen LogP contribution >= 0.6 is 0 Å². The van der Waals surface area contributed by atoms with Crippen LogP contribution < -0.4 is 10.6 Å². The number of rotatable bonds is 7. The molecule has 2 saturated carbocycles. The van der Waals surface area contributed by atoms with Gasteiger partial charge in [0.05, 0.1) is 0 Å². The largest absolute Gasteiger partial charge is 0.481 e. The van der Waals surface area contributed by atoms with Gasteiger partial charge < -0.3 is 20.5 Å². The van der Waals surface area contributed by atoms with Crippen LogP contribution in [0.4, 0.5) is 4.79 Å². The van der Waals surface area contributed by atoms with Crippen molar-refractivity contribution in [3.63, 3.8) is 0 Å². The lowest BCUT2D eigenvalue weighted by Gasteiger charge is -2.35. The molecule has 2 amide bonds. The van der Waals surface area contributed by atoms with E-state index in [2.05, 4.69) is 34.9 Å². The fourth-order valence-electron chi connectivity index (χ4n) is 5.71. The summed E-state index contributed by atoms with van der Waals surface area (Å²) in [5, 5.41) is 14.9. The summed E-state index contributed by atoms with van der Waals surface area (Å²) in [6.07, 6.45) is 3.32. The Balaban J connectivity index is 1.06. The van der Waals surface area contributed by atoms with Crippen LogP contribution in [0.15, 0.2) is 48.5 Å². The summed E-state index contributed by atoms with van der Waals surface area (Å²) in [4.78, 5) is 35.8. The van der Waals surface area contributed by atoms with Gasteiger partial charge in [0.1, 0.15) is 6.61 Å². The maximum Gasteiger partial charge on any atom is 0.407 e. The molecule has 2 atom stereocenters. The second-order valence-corrected chi connectivity index (χ2v) is 9.82. The highest BCUT2D eigenvalue weighted by molar-refractivity contribution is 5.81. The maximum atomic E-state index is 12.5. The minimum atomic E-state index is -0.780. The lowest BCUT2D eigenvalue weighted by molar-refractivity contribution is -0.138. The third-order valence-corrected chi connectivity index (χ3v) is 7.53. The number of benzene rings is 2. The quantitative estimate of drug-likeness (QED) is 0.576. The SMILES string of the molecule is O=C(O)CC1CCC(NC(=O)C2CC(NC(=O)OCC3c4ccccc4-c4ccccc43)C2)C1. The second kappa shape index (κ2) is 9.49. The van der Waals surface area contributed by atoms with Crippen LogP contribution in [0.5, 0.6) is 0 Å². The van der Waals surface area contributed by atoms with Gasteiger partial charge in [-0.1, -0.05) is 48.5 Å². The normalized spacial score (nSPS) is 25.1. The number of nitrogens with one attached hydrogen (secondary N) is 2. The number of aliphatic carboxylic acids is 1. The molecule has 3 N–H and O–H groups in total. The second-order valence-electron chi connectivity index (χ2n) is 9.82. The first-order chi connectivity index (χ1) is 16.5. The third kappa shape index (κ3) is 4.65. The molecule has 0 aromatic heterocycles. The number of amides is 2. The van der Waals surface area contributed by atoms with E-state index in [4.69, 9.17) is 9.84 Å². The number of carbonyl (C=O) groups is 3. The van der Waals surface area contributed by atoms with E-state index >= 15 is 0 Å². The molecular formula is C27H30N2O5. The van der Waals surface area contributed by atoms with Crippen LogP contribution in [0.1, 0.15) is 55.6 Å². The van der Waals surface area contributed by atoms with Gasteiger partial charge >= 0.3 is 12.1 Å². The van der Waals surface area contributed by atoms with Crippen molar-refractivity contribution < 1.29 is 24.2 Å². The van der Waals surface area contributed by atoms with E-state index in [1.54, 1.807) is 0 Å². The van der Waals surface area contributed by atoms with E-state index in [-0.39, 0.29) is 48.8 Å². The molecule has 3 aliphatic rings. The van der Waals surface area contributed by atoms with E-state index < -0.39 is 12.1 Å². The van der Waals surface area contributed by atoms with E-state index in [1.807, 2.05) is 24.3 Å². The smallest absolute Gasteiger partial charge is 0.407 e. The highest BCUT2D eigenvalue weighted by atomic mass is 16.5. The van der Waals surface area contributed by atoms with E-state index in [1.165, 1.54) is 22.3 Å². The molecular weight excluding hydrogens is 432 g/mol. The number of hydrogen-bond acceptors (Lipinski definition) is 4. The number of fused-ring (bicyclic) bond motifs is 3. The van der Waals surface area contributed by atoms with E-state index in [0.29, 0.717) is 12.8 Å². The Hall–Kier alpha value is -3.35. The molecule has 5 rings (SSSR count). The van der Waals surface area contributed by atoms with Crippen molar-refractivity contribution in [1.82, 2.24) is 10.6 Å². The predicted octanol–water partition coefficient (Wildman–Crippen LogP) is 4.06. The molecule has 2 aromatic rings. The van der Waals surface area contributed by atoms with Crippen molar-refractivity contribution in [2.75, 3.05) is 6.61 Å². The maximum absolute atomic E-state index is 12.5. The summed E-state index contributed by atoms with van der Waals surface area (Å²) in [5.74, 6) is -0.719. The van der Waals surface area contributed by atoms with Crippen LogP contribution in [-0.2, 0) is 14.3 Å². The number of alkyl carbamates (subject to hydrolysis) is 1. The van der Waals surface area contributed by atoms with Crippen LogP contribution in [0, 0.1) is 11.8 Å². The van der Waals surface area contributed by atoms with Gasteiger partial charge in [-0.2, -0.15) is 0 Å². The Bertz CT molecular complexity index is 1050. The Morgan fingerprint density at radius 2 is 1.50 bits per heavy atom. The molecule has 2 fully saturated rings. The Labute approximate surface area is 198 Å². The number of hydrogen-bond donors (Lipinski definition) is 3. The summed E-state index contributed by atoms with van der Waals surface area (Å²) in [7, 11) is 0. The molecule has 7 heteroatoms. The van der Waals surface area contributed by atoms with Crippen LogP contribution in [0.2, 0.25) is 0 Å². The fourth-order valence-corrected chi connectivity index (χ4v) is 5.71. The Kier molecular flexibility index (Phi) is 6.26. The molecule has 3 aliphatic carbocycles. The number of ether oxygens (including phenoxy) is 1. The molecule has 7 nitrogen and oxygen atoms in total. The van der Waals surface area contributed by atoms with Crippen molar-refractivity contribution in [2.45, 2.75) is 56.5 Å². The lowest BCUT2D eigenvalue weighted by Crippen LogP contribution is -2.50. The molecule has 34 heavy (non-hydrogen) atoms. The van der Waals surface area contributed by atoms with Crippen molar-refractivity contribution >= 4 is 18.0 Å². The minimum absolute atomic E-state index is 0.00608. The Morgan fingerprint density at radius 3 is 2.15 bits per heavy atom. The first-order valence-electron chi connectivity index (χ1n) is 12.1. The van der Waals surface area contributed by atoms with Gasteiger partial charge in [0.2, 0.25) is 5.91 Å². The van der Waals surface area contributed by atoms with E-state index in [9.17, 15) is 14.4 Å². The highest BCUT2D eigenvalue weighted by Gasteiger charge is 2.38. The molecule has 178 valence electrons. The van der Waals surface area contributed by atoms with Crippen LogP contribution in [0.3, 0.4) is 0 Å². The number of carboxylic acid groups (broad SMARTS) is 1. The Morgan fingerprint density at radius 1 is 0.853 bits per heavy atom. The number of carbonyl (C=O) groups excluding carboxylic acids is 2. The summed E-state index contributed by atoms with van der Waals surface area (Å²) >= 11 is 0. The zero-order chi connectivity index (χ0) is 23.7. The van der Waals surface area contributed by atoms with Crippen LogP contribution in [0.25, 0.3) is 11.1 Å². The first-order valence-corrected chi connectivity index (χ1v) is 12.1. The molecule has 0 heterocycles. The summed E-state index contributed by atoms with van der Waals surface area (Å²) in [6, 6.07) is 16.4. The predicted molar refractivity (Wildman–Crippen MR) is 126 cm³/mol. The third-order valence-electron chi connectivity index (χ3n) is 7.53. The molecule has 0 bridgehead atoms. The minimum Gasteiger partial charge on any atom is -0.481 e. The zero-order valence-corrected chi connectivity index (χ0v) is 19.0. The molecule has 0 saturated heterocycles. The molecule has 0 spiro atoms. The molecule has 0 aliphatic heterocycles. The summed E-state index contributed by atoms with van der Waals surface area (Å²) < 4.78 is 5.59. The number of carboxylic acids is 1. The zero-order valence-electron chi connectivity index (χ0n) is 19.0. The lowest BCUT2D eigenvalue weighted by atomic mass is 9.79. The summed E-state index contributed by atoms with van der Waals surface area (Å²) in [5.41, 5.74) is 4.73. The highest BCUT2D eigenvalue weighted by Crippen LogP contribution is 2.44. The van der Waals surface area contributed by atoms with Gasteiger partial charge in [0, 0.05) is 30.3 Å². The van der Waals surface area contributed by atoms with Gasteiger partial charge in [0.25, 0.3) is 0 Å². The van der Waals surface area contributed by atoms with Gasteiger partial charge in [-0.05, 0) is 60.3 Å². The monoisotopic (exact) mass is 462 g/mol. The average Bonchev–Trinajstić information content (AvgIpc) is 3.35. The van der Waals surface area contributed by atoms with Crippen molar-refractivity contribution in [3.8, 4) is 11.1 Å². The molecule has 2 unspecified atom stereocenters. The topological polar surface area (TPSA) is 105 Å². The van der Waals surface area contributed by atoms with Gasteiger partial charge in [-0.15, -0.1) is 0 Å². The molecule has 2 aromatic carbocycles. The van der Waals surface area contributed by atoms with Crippen molar-refractivity contribution in [3.05, 3.63) is 59.7 Å². The average molecular weight is 463 g/mol. The van der Waals surface area contributed by atoms with Gasteiger partial charge in [-0.3, -0.25) is 9.59 Å². The van der Waals surface area contributed by atoms with E-state index in [0.717, 1.165) is 19.3 Å². The first kappa shape index (κ1) is 22.4. The van der Waals surface area contributed by atoms with Crippen LogP contribution in [-0.4, -0.2) is 41.8 Å². The van der Waals surface area contributed by atoms with Gasteiger partial charge in [0.15, 0.2) is 0 Å². The molecule has 0 radical (unpaired) electrons. The standard InChI is InChI=1S/C27H30N2O5/c30-25(31)12-16-9-10-18(11-16)28-26(32)17-13-19(14-17)29-27(33)34-15-24-22-7-3-1-5-20(22)21-6-2-4-8-23(21)24/h1-8,16-19,24H,9-15H2,(H,28,32)(H,29,33)(H,30,31). The van der Waals surface area contributed by atoms with Crippen molar-refractivity contribution in [1.29, 1.82) is 0 Å². The fraction of sp³-hybridized carbons (Fsp3) is 0.444.